The first-order chi connectivity index (χ1) is 11.2. The Hall–Kier alpha value is -1.12. The number of nitriles is 1. The van der Waals surface area contributed by atoms with Crippen molar-refractivity contribution in [1.82, 2.24) is 5.32 Å². The lowest BCUT2D eigenvalue weighted by Crippen LogP contribution is -2.48. The molecule has 0 radical (unpaired) electrons. The molecule has 24 heavy (non-hydrogen) atoms. The van der Waals surface area contributed by atoms with Gasteiger partial charge in [0.25, 0.3) is 0 Å². The van der Waals surface area contributed by atoms with Gasteiger partial charge in [-0.25, -0.2) is 0 Å². The Bertz CT molecular complexity index is 608. The van der Waals surface area contributed by atoms with Crippen LogP contribution in [-0.4, -0.2) is 36.9 Å². The summed E-state index contributed by atoms with van der Waals surface area (Å²) >= 11 is 0. The van der Waals surface area contributed by atoms with Crippen LogP contribution >= 0.6 is 0 Å². The Morgan fingerprint density at radius 2 is 2.25 bits per heavy atom. The lowest BCUT2D eigenvalue weighted by Gasteiger charge is -2.37. The quantitative estimate of drug-likeness (QED) is 0.617. The fraction of sp³-hybridized carbons (Fsp3) is 0.895. The van der Waals surface area contributed by atoms with Gasteiger partial charge in [-0.3, -0.25) is 4.79 Å². The van der Waals surface area contributed by atoms with Crippen molar-refractivity contribution in [3.05, 3.63) is 0 Å². The average molecular weight is 332 g/mol. The maximum absolute atomic E-state index is 13.2. The number of carbonyl (C=O) groups excluding carboxylic acids is 1. The van der Waals surface area contributed by atoms with E-state index in [0.717, 1.165) is 25.8 Å². The van der Waals surface area contributed by atoms with Gasteiger partial charge >= 0.3 is 5.97 Å². The van der Waals surface area contributed by atoms with Gasteiger partial charge in [-0.2, -0.15) is 5.26 Å². The first-order valence-corrected chi connectivity index (χ1v) is 9.24. The van der Waals surface area contributed by atoms with Crippen molar-refractivity contribution >= 4 is 5.97 Å². The van der Waals surface area contributed by atoms with Crippen molar-refractivity contribution in [2.45, 2.75) is 64.7 Å². The highest BCUT2D eigenvalue weighted by Gasteiger charge is 2.68. The third kappa shape index (κ3) is 2.02. The molecule has 2 aliphatic heterocycles. The van der Waals surface area contributed by atoms with Crippen molar-refractivity contribution in [1.29, 1.82) is 5.26 Å². The molecule has 0 amide bonds. The van der Waals surface area contributed by atoms with Crippen LogP contribution < -0.4 is 5.32 Å². The normalized spacial score (nSPS) is 47.5. The van der Waals surface area contributed by atoms with E-state index in [9.17, 15) is 10.1 Å². The predicted molar refractivity (Wildman–Crippen MR) is 87.8 cm³/mol. The number of rotatable bonds is 5. The van der Waals surface area contributed by atoms with Crippen LogP contribution in [0.4, 0.5) is 0 Å². The topological polar surface area (TPSA) is 81.3 Å². The molecule has 7 unspecified atom stereocenters. The second kappa shape index (κ2) is 4.95. The minimum absolute atomic E-state index is 0.0735. The lowest BCUT2D eigenvalue weighted by atomic mass is 9.71. The molecule has 2 aliphatic carbocycles. The highest BCUT2D eigenvalue weighted by atomic mass is 16.6. The van der Waals surface area contributed by atoms with Crippen LogP contribution in [0.2, 0.25) is 0 Å². The molecule has 2 heterocycles. The molecule has 0 aromatic rings. The number of hydrogen-bond acceptors (Lipinski definition) is 5. The van der Waals surface area contributed by atoms with Gasteiger partial charge in [0.2, 0.25) is 0 Å². The number of hydrogen-bond donors (Lipinski definition) is 1. The van der Waals surface area contributed by atoms with Crippen LogP contribution in [-0.2, 0) is 14.3 Å². The fourth-order valence-electron chi connectivity index (χ4n) is 5.52. The zero-order valence-electron chi connectivity index (χ0n) is 15.1. The second-order valence-corrected chi connectivity index (χ2v) is 9.34. The Kier molecular flexibility index (Phi) is 3.38. The molecule has 5 nitrogen and oxygen atoms in total. The van der Waals surface area contributed by atoms with Gasteiger partial charge in [-0.1, -0.05) is 13.8 Å². The average Bonchev–Trinajstić information content (AvgIpc) is 2.93. The molecular formula is C19H28N2O3. The van der Waals surface area contributed by atoms with E-state index in [1.165, 1.54) is 0 Å². The van der Waals surface area contributed by atoms with E-state index in [-0.39, 0.29) is 41.0 Å². The number of carbonyl (C=O) groups is 1. The van der Waals surface area contributed by atoms with E-state index in [1.54, 1.807) is 0 Å². The fourth-order valence-corrected chi connectivity index (χ4v) is 5.52. The minimum atomic E-state index is -0.520. The summed E-state index contributed by atoms with van der Waals surface area (Å²) in [6, 6.07) is 2.49. The van der Waals surface area contributed by atoms with Crippen LogP contribution in [0.25, 0.3) is 0 Å². The molecular weight excluding hydrogens is 304 g/mol. The first kappa shape index (κ1) is 16.4. The molecule has 4 aliphatic rings. The van der Waals surface area contributed by atoms with Gasteiger partial charge in [0, 0.05) is 23.9 Å². The summed E-state index contributed by atoms with van der Waals surface area (Å²) in [5, 5.41) is 12.9. The van der Waals surface area contributed by atoms with E-state index in [4.69, 9.17) is 9.47 Å². The van der Waals surface area contributed by atoms with Crippen molar-refractivity contribution in [2.24, 2.45) is 28.6 Å². The maximum atomic E-state index is 13.2. The van der Waals surface area contributed by atoms with Crippen LogP contribution in [0.15, 0.2) is 0 Å². The van der Waals surface area contributed by atoms with Crippen molar-refractivity contribution < 1.29 is 14.3 Å². The number of esters is 1. The summed E-state index contributed by atoms with van der Waals surface area (Å²) in [6.07, 6.45) is 2.35. The molecule has 2 saturated carbocycles. The molecule has 4 fully saturated rings. The van der Waals surface area contributed by atoms with E-state index in [2.05, 4.69) is 32.2 Å². The Morgan fingerprint density at radius 3 is 2.83 bits per heavy atom. The van der Waals surface area contributed by atoms with Gasteiger partial charge in [0.05, 0.1) is 29.6 Å². The SMILES string of the molecule is CC(C)CC(C)(C(=O)OC1C2CC3C1OCC3(C#N)C2)C1(C)CN1. The van der Waals surface area contributed by atoms with Gasteiger partial charge in [0.1, 0.15) is 6.10 Å². The van der Waals surface area contributed by atoms with Crippen molar-refractivity contribution in [3.63, 3.8) is 0 Å². The standard InChI is InChI=1S/C19H28N2O3/c1-11(2)6-17(3,18(4)9-21-18)16(22)24-14-12-5-13-15(14)23-10-19(13,7-12)8-20/h11-15,21H,5-7,9-10H2,1-4H3. The molecule has 4 rings (SSSR count). The van der Waals surface area contributed by atoms with E-state index in [0.29, 0.717) is 12.5 Å². The summed E-state index contributed by atoms with van der Waals surface area (Å²) in [5.74, 6) is 0.862. The summed E-state index contributed by atoms with van der Waals surface area (Å²) in [6.45, 7) is 9.82. The van der Waals surface area contributed by atoms with Gasteiger partial charge in [-0.15, -0.1) is 0 Å². The van der Waals surface area contributed by atoms with Gasteiger partial charge in [-0.05, 0) is 39.0 Å². The summed E-state index contributed by atoms with van der Waals surface area (Å²) in [7, 11) is 0. The molecule has 0 spiro atoms. The smallest absolute Gasteiger partial charge is 0.314 e. The number of nitrogens with zero attached hydrogens (tertiary/aromatic N) is 1. The highest BCUT2D eigenvalue weighted by Crippen LogP contribution is 2.62. The maximum Gasteiger partial charge on any atom is 0.314 e. The predicted octanol–water partition coefficient (Wildman–Crippen LogP) is 2.26. The van der Waals surface area contributed by atoms with Gasteiger partial charge < -0.3 is 14.8 Å². The summed E-state index contributed by atoms with van der Waals surface area (Å²) < 4.78 is 12.0. The van der Waals surface area contributed by atoms with E-state index in [1.807, 2.05) is 6.92 Å². The molecule has 0 aromatic heterocycles. The minimum Gasteiger partial charge on any atom is -0.459 e. The largest absolute Gasteiger partial charge is 0.459 e. The number of ether oxygens (including phenoxy) is 2. The second-order valence-electron chi connectivity index (χ2n) is 9.34. The highest BCUT2D eigenvalue weighted by molar-refractivity contribution is 5.79. The van der Waals surface area contributed by atoms with Crippen LogP contribution in [0, 0.1) is 39.9 Å². The molecule has 1 N–H and O–H groups in total. The van der Waals surface area contributed by atoms with Gasteiger partial charge in [0.15, 0.2) is 0 Å². The van der Waals surface area contributed by atoms with Crippen molar-refractivity contribution in [3.8, 4) is 6.07 Å². The van der Waals surface area contributed by atoms with Crippen molar-refractivity contribution in [2.75, 3.05) is 13.2 Å². The number of nitrogens with one attached hydrogen (secondary N) is 1. The van der Waals surface area contributed by atoms with Crippen LogP contribution in [0.3, 0.4) is 0 Å². The third-order valence-corrected chi connectivity index (χ3v) is 7.27. The number of fused-ring (bicyclic) bond motifs is 1. The molecule has 5 heteroatoms. The monoisotopic (exact) mass is 332 g/mol. The van der Waals surface area contributed by atoms with E-state index < -0.39 is 5.41 Å². The van der Waals surface area contributed by atoms with Crippen LogP contribution in [0.1, 0.15) is 47.0 Å². The van der Waals surface area contributed by atoms with Crippen LogP contribution in [0.5, 0.6) is 0 Å². The Labute approximate surface area is 144 Å². The molecule has 0 aromatic carbocycles. The Balaban J connectivity index is 1.52. The zero-order chi connectivity index (χ0) is 17.3. The van der Waals surface area contributed by atoms with E-state index >= 15 is 0 Å². The summed E-state index contributed by atoms with van der Waals surface area (Å²) in [4.78, 5) is 13.2. The Morgan fingerprint density at radius 1 is 1.54 bits per heavy atom. The molecule has 7 atom stereocenters. The summed E-state index contributed by atoms with van der Waals surface area (Å²) in [5.41, 5.74) is -1.00. The lowest BCUT2D eigenvalue weighted by molar-refractivity contribution is -0.172. The zero-order valence-corrected chi connectivity index (χ0v) is 15.1. The molecule has 132 valence electrons. The first-order valence-electron chi connectivity index (χ1n) is 9.24. The molecule has 2 bridgehead atoms. The third-order valence-electron chi connectivity index (χ3n) is 7.27. The molecule has 2 saturated heterocycles.